The number of aliphatic hydroxyl groups is 1. The number of carboxylic acid groups (broad SMARTS) is 1. The van der Waals surface area contributed by atoms with Crippen molar-refractivity contribution in [1.29, 1.82) is 0 Å². The summed E-state index contributed by atoms with van der Waals surface area (Å²) < 4.78 is 0. The fourth-order valence-electron chi connectivity index (χ4n) is 1.35. The predicted molar refractivity (Wildman–Crippen MR) is 61.4 cm³/mol. The van der Waals surface area contributed by atoms with Crippen molar-refractivity contribution in [3.8, 4) is 0 Å². The van der Waals surface area contributed by atoms with Crippen molar-refractivity contribution in [2.45, 2.75) is 39.0 Å². The Morgan fingerprint density at radius 3 is 2.47 bits per heavy atom. The van der Waals surface area contributed by atoms with Crippen LogP contribution in [0.3, 0.4) is 0 Å². The van der Waals surface area contributed by atoms with Crippen molar-refractivity contribution in [2.75, 3.05) is 0 Å². The third kappa shape index (κ3) is 4.08. The van der Waals surface area contributed by atoms with E-state index in [4.69, 9.17) is 5.11 Å². The average molecular weight is 239 g/mol. The number of hydrogen-bond acceptors (Lipinski definition) is 5. The molecule has 0 aliphatic rings. The topological polar surface area (TPSA) is 95.3 Å². The van der Waals surface area contributed by atoms with Crippen molar-refractivity contribution in [2.24, 2.45) is 0 Å². The number of carbonyl (C=O) groups is 1. The Kier molecular flexibility index (Phi) is 4.99. The maximum Gasteiger partial charge on any atom is 0.323 e. The third-order valence-corrected chi connectivity index (χ3v) is 2.35. The Hall–Kier alpha value is -1.53. The van der Waals surface area contributed by atoms with Gasteiger partial charge in [0, 0.05) is 30.9 Å². The molecule has 0 aliphatic heterocycles. The van der Waals surface area contributed by atoms with E-state index in [1.54, 1.807) is 12.4 Å². The Bertz CT molecular complexity index is 365. The molecule has 0 aliphatic carbocycles. The molecule has 1 aromatic rings. The molecule has 2 atom stereocenters. The highest BCUT2D eigenvalue weighted by Gasteiger charge is 2.21. The van der Waals surface area contributed by atoms with Crippen LogP contribution >= 0.6 is 0 Å². The van der Waals surface area contributed by atoms with E-state index in [0.29, 0.717) is 6.54 Å². The highest BCUT2D eigenvalue weighted by atomic mass is 16.4. The van der Waals surface area contributed by atoms with Crippen molar-refractivity contribution < 1.29 is 15.0 Å². The first-order chi connectivity index (χ1) is 8.04. The monoisotopic (exact) mass is 239 g/mol. The smallest absolute Gasteiger partial charge is 0.323 e. The fourth-order valence-corrected chi connectivity index (χ4v) is 1.35. The Morgan fingerprint density at radius 1 is 1.47 bits per heavy atom. The molecule has 6 heteroatoms. The standard InChI is InChI=1S/C11H17N3O3/c1-3-9-12-4-8(5-13-9)6-14-10(7(2)15)11(16)17/h4-5,7,10,14-15H,3,6H2,1-2H3,(H,16,17)/t7-,10-/m0/s1. The van der Waals surface area contributed by atoms with Gasteiger partial charge in [-0.3, -0.25) is 10.1 Å². The number of carboxylic acids is 1. The quantitative estimate of drug-likeness (QED) is 0.645. The molecule has 0 unspecified atom stereocenters. The lowest BCUT2D eigenvalue weighted by atomic mass is 10.2. The summed E-state index contributed by atoms with van der Waals surface area (Å²) >= 11 is 0. The van der Waals surface area contributed by atoms with Gasteiger partial charge in [-0.05, 0) is 6.92 Å². The molecule has 3 N–H and O–H groups in total. The molecule has 1 rings (SSSR count). The normalized spacial score (nSPS) is 14.3. The molecule has 0 saturated heterocycles. The number of nitrogens with zero attached hydrogens (tertiary/aromatic N) is 2. The zero-order valence-corrected chi connectivity index (χ0v) is 9.92. The van der Waals surface area contributed by atoms with Gasteiger partial charge in [0.25, 0.3) is 0 Å². The van der Waals surface area contributed by atoms with Crippen LogP contribution in [0.2, 0.25) is 0 Å². The number of aryl methyl sites for hydroxylation is 1. The zero-order chi connectivity index (χ0) is 12.8. The first-order valence-corrected chi connectivity index (χ1v) is 5.48. The molecule has 0 amide bonds. The van der Waals surface area contributed by atoms with E-state index in [0.717, 1.165) is 17.8 Å². The summed E-state index contributed by atoms with van der Waals surface area (Å²) in [5, 5.41) is 20.9. The van der Waals surface area contributed by atoms with Crippen LogP contribution in [-0.4, -0.2) is 38.3 Å². The number of aliphatic carboxylic acids is 1. The van der Waals surface area contributed by atoms with E-state index in [1.807, 2.05) is 6.92 Å². The second-order valence-electron chi connectivity index (χ2n) is 3.80. The third-order valence-electron chi connectivity index (χ3n) is 2.35. The van der Waals surface area contributed by atoms with Crippen LogP contribution in [0, 0.1) is 0 Å². The lowest BCUT2D eigenvalue weighted by molar-refractivity contribution is -0.142. The largest absolute Gasteiger partial charge is 0.480 e. The summed E-state index contributed by atoms with van der Waals surface area (Å²) in [7, 11) is 0. The number of rotatable bonds is 6. The molecule has 0 saturated carbocycles. The Labute approximate surface area is 99.7 Å². The van der Waals surface area contributed by atoms with Gasteiger partial charge in [-0.15, -0.1) is 0 Å². The van der Waals surface area contributed by atoms with Crippen LogP contribution in [-0.2, 0) is 17.8 Å². The lowest BCUT2D eigenvalue weighted by Gasteiger charge is -2.16. The molecule has 0 aromatic carbocycles. The van der Waals surface area contributed by atoms with Crippen molar-refractivity contribution >= 4 is 5.97 Å². The minimum Gasteiger partial charge on any atom is -0.480 e. The molecule has 0 spiro atoms. The molecular formula is C11H17N3O3. The Balaban J connectivity index is 2.56. The number of aliphatic hydroxyl groups excluding tert-OH is 1. The predicted octanol–water partition coefficient (Wildman–Crippen LogP) is -0.0374. The van der Waals surface area contributed by atoms with Gasteiger partial charge in [-0.2, -0.15) is 0 Å². The van der Waals surface area contributed by atoms with Crippen LogP contribution in [0.15, 0.2) is 12.4 Å². The lowest BCUT2D eigenvalue weighted by Crippen LogP contribution is -2.44. The van der Waals surface area contributed by atoms with Gasteiger partial charge >= 0.3 is 5.97 Å². The second-order valence-corrected chi connectivity index (χ2v) is 3.80. The molecule has 0 radical (unpaired) electrons. The van der Waals surface area contributed by atoms with Gasteiger partial charge in [-0.25, -0.2) is 9.97 Å². The van der Waals surface area contributed by atoms with E-state index in [9.17, 15) is 9.90 Å². The summed E-state index contributed by atoms with van der Waals surface area (Å²) in [4.78, 5) is 19.0. The molecule has 17 heavy (non-hydrogen) atoms. The molecule has 1 heterocycles. The van der Waals surface area contributed by atoms with Crippen LogP contribution in [0.25, 0.3) is 0 Å². The van der Waals surface area contributed by atoms with Crippen molar-refractivity contribution in [3.05, 3.63) is 23.8 Å². The maximum atomic E-state index is 10.8. The van der Waals surface area contributed by atoms with Crippen LogP contribution in [0.4, 0.5) is 0 Å². The fraction of sp³-hybridized carbons (Fsp3) is 0.545. The van der Waals surface area contributed by atoms with E-state index >= 15 is 0 Å². The maximum absolute atomic E-state index is 10.8. The highest BCUT2D eigenvalue weighted by molar-refractivity contribution is 5.74. The molecule has 94 valence electrons. The van der Waals surface area contributed by atoms with E-state index in [1.165, 1.54) is 6.92 Å². The van der Waals surface area contributed by atoms with Crippen molar-refractivity contribution in [1.82, 2.24) is 15.3 Å². The Morgan fingerprint density at radius 2 is 2.06 bits per heavy atom. The summed E-state index contributed by atoms with van der Waals surface area (Å²) in [6, 6.07) is -0.985. The molecule has 0 bridgehead atoms. The number of aromatic nitrogens is 2. The van der Waals surface area contributed by atoms with Crippen LogP contribution in [0.1, 0.15) is 25.2 Å². The average Bonchev–Trinajstić information content (AvgIpc) is 2.29. The summed E-state index contributed by atoms with van der Waals surface area (Å²) in [6.07, 6.45) is 3.11. The molecular weight excluding hydrogens is 222 g/mol. The van der Waals surface area contributed by atoms with Crippen LogP contribution in [0.5, 0.6) is 0 Å². The van der Waals surface area contributed by atoms with Crippen LogP contribution < -0.4 is 5.32 Å². The molecule has 1 aromatic heterocycles. The van der Waals surface area contributed by atoms with Gasteiger partial charge in [0.05, 0.1) is 6.10 Å². The minimum absolute atomic E-state index is 0.311. The number of hydrogen-bond donors (Lipinski definition) is 3. The molecule has 6 nitrogen and oxygen atoms in total. The van der Waals surface area contributed by atoms with Gasteiger partial charge in [0.1, 0.15) is 11.9 Å². The molecule has 0 fully saturated rings. The number of nitrogens with one attached hydrogen (secondary N) is 1. The summed E-state index contributed by atoms with van der Waals surface area (Å²) in [5.41, 5.74) is 0.786. The summed E-state index contributed by atoms with van der Waals surface area (Å²) in [6.45, 7) is 3.70. The first-order valence-electron chi connectivity index (χ1n) is 5.48. The van der Waals surface area contributed by atoms with E-state index < -0.39 is 18.1 Å². The zero-order valence-electron chi connectivity index (χ0n) is 9.92. The second kappa shape index (κ2) is 6.27. The van der Waals surface area contributed by atoms with Gasteiger partial charge < -0.3 is 10.2 Å². The van der Waals surface area contributed by atoms with Gasteiger partial charge in [0.2, 0.25) is 0 Å². The van der Waals surface area contributed by atoms with E-state index in [-0.39, 0.29) is 0 Å². The summed E-state index contributed by atoms with van der Waals surface area (Å²) in [5.74, 6) is -0.329. The SMILES string of the molecule is CCc1ncc(CN[C@H](C(=O)O)[C@H](C)O)cn1. The van der Waals surface area contributed by atoms with Gasteiger partial charge in [0.15, 0.2) is 0 Å². The first kappa shape index (κ1) is 13.5. The highest BCUT2D eigenvalue weighted by Crippen LogP contribution is 1.99. The van der Waals surface area contributed by atoms with Gasteiger partial charge in [-0.1, -0.05) is 6.92 Å². The van der Waals surface area contributed by atoms with E-state index in [2.05, 4.69) is 15.3 Å². The minimum atomic E-state index is -1.08. The van der Waals surface area contributed by atoms with Crippen molar-refractivity contribution in [3.63, 3.8) is 0 Å².